The van der Waals surface area contributed by atoms with Crippen LogP contribution in [0.2, 0.25) is 0 Å². The third kappa shape index (κ3) is 3.57. The van der Waals surface area contributed by atoms with Crippen molar-refractivity contribution in [1.82, 2.24) is 14.7 Å². The van der Waals surface area contributed by atoms with Crippen molar-refractivity contribution < 1.29 is 9.59 Å². The van der Waals surface area contributed by atoms with Gasteiger partial charge in [-0.2, -0.15) is 0 Å². The van der Waals surface area contributed by atoms with Crippen LogP contribution in [0.25, 0.3) is 0 Å². The minimum atomic E-state index is -0.432. The molecular formula is C15H21N3O2. The molecule has 0 aliphatic carbocycles. The number of benzene rings is 1. The van der Waals surface area contributed by atoms with E-state index in [-0.39, 0.29) is 0 Å². The Morgan fingerprint density at radius 1 is 1.10 bits per heavy atom. The van der Waals surface area contributed by atoms with Crippen molar-refractivity contribution in [3.8, 4) is 0 Å². The van der Waals surface area contributed by atoms with Gasteiger partial charge in [0.05, 0.1) is 0 Å². The van der Waals surface area contributed by atoms with Crippen LogP contribution in [0.5, 0.6) is 0 Å². The van der Waals surface area contributed by atoms with E-state index >= 15 is 0 Å². The van der Waals surface area contributed by atoms with E-state index in [1.165, 1.54) is 4.90 Å². The highest BCUT2D eigenvalue weighted by molar-refractivity contribution is 6.34. The van der Waals surface area contributed by atoms with Crippen LogP contribution in [0, 0.1) is 0 Å². The number of carbonyl (C=O) groups is 2. The second-order valence-electron chi connectivity index (χ2n) is 5.24. The molecule has 0 spiro atoms. The first-order chi connectivity index (χ1) is 9.58. The molecule has 1 aromatic rings. The molecule has 0 bridgehead atoms. The van der Waals surface area contributed by atoms with Gasteiger partial charge in [0.15, 0.2) is 0 Å². The van der Waals surface area contributed by atoms with Gasteiger partial charge in [-0.3, -0.25) is 9.59 Å². The van der Waals surface area contributed by atoms with E-state index in [1.54, 1.807) is 11.9 Å². The summed E-state index contributed by atoms with van der Waals surface area (Å²) in [6.07, 6.45) is 0. The van der Waals surface area contributed by atoms with Crippen LogP contribution in [0.15, 0.2) is 30.3 Å². The van der Waals surface area contributed by atoms with E-state index in [9.17, 15) is 9.59 Å². The highest BCUT2D eigenvalue weighted by Crippen LogP contribution is 2.06. The van der Waals surface area contributed by atoms with Gasteiger partial charge in [-0.1, -0.05) is 30.3 Å². The number of nitrogens with zero attached hydrogens (tertiary/aromatic N) is 3. The number of hydrogen-bond acceptors (Lipinski definition) is 3. The molecule has 1 saturated heterocycles. The van der Waals surface area contributed by atoms with Crippen molar-refractivity contribution in [2.75, 3.05) is 40.3 Å². The largest absolute Gasteiger partial charge is 0.333 e. The Balaban J connectivity index is 1.91. The van der Waals surface area contributed by atoms with Crippen LogP contribution in [-0.2, 0) is 16.1 Å². The standard InChI is InChI=1S/C15H21N3O2/c1-16-8-10-18(11-9-16)15(20)14(19)17(2)12-13-6-4-3-5-7-13/h3-7H,8-12H2,1-2H3. The molecule has 1 aliphatic heterocycles. The number of piperazine rings is 1. The van der Waals surface area contributed by atoms with Gasteiger partial charge in [0.25, 0.3) is 0 Å². The van der Waals surface area contributed by atoms with Gasteiger partial charge in [0.1, 0.15) is 0 Å². The molecule has 108 valence electrons. The molecule has 5 nitrogen and oxygen atoms in total. The van der Waals surface area contributed by atoms with Gasteiger partial charge in [-0.15, -0.1) is 0 Å². The predicted molar refractivity (Wildman–Crippen MR) is 77.0 cm³/mol. The average molecular weight is 275 g/mol. The molecule has 0 saturated carbocycles. The molecule has 2 amide bonds. The maximum atomic E-state index is 12.2. The maximum Gasteiger partial charge on any atom is 0.312 e. The molecule has 20 heavy (non-hydrogen) atoms. The van der Waals surface area contributed by atoms with Crippen molar-refractivity contribution in [3.05, 3.63) is 35.9 Å². The summed E-state index contributed by atoms with van der Waals surface area (Å²) in [4.78, 5) is 29.6. The third-order valence-corrected chi connectivity index (χ3v) is 3.58. The van der Waals surface area contributed by atoms with Crippen LogP contribution in [0.1, 0.15) is 5.56 Å². The third-order valence-electron chi connectivity index (χ3n) is 3.58. The predicted octanol–water partition coefficient (Wildman–Crippen LogP) is 0.419. The van der Waals surface area contributed by atoms with E-state index in [1.807, 2.05) is 37.4 Å². The summed E-state index contributed by atoms with van der Waals surface area (Å²) in [6.45, 7) is 3.35. The van der Waals surface area contributed by atoms with Gasteiger partial charge in [-0.25, -0.2) is 0 Å². The maximum absolute atomic E-state index is 12.2. The van der Waals surface area contributed by atoms with Crippen LogP contribution < -0.4 is 0 Å². The smallest absolute Gasteiger partial charge is 0.312 e. The summed E-state index contributed by atoms with van der Waals surface area (Å²) in [5.41, 5.74) is 1.02. The van der Waals surface area contributed by atoms with E-state index in [0.717, 1.165) is 18.7 Å². The number of hydrogen-bond donors (Lipinski definition) is 0. The summed E-state index contributed by atoms with van der Waals surface area (Å²) < 4.78 is 0. The summed E-state index contributed by atoms with van der Waals surface area (Å²) >= 11 is 0. The first kappa shape index (κ1) is 14.5. The Bertz CT molecular complexity index is 467. The Hall–Kier alpha value is -1.88. The van der Waals surface area contributed by atoms with Gasteiger partial charge in [0, 0.05) is 39.8 Å². The second kappa shape index (κ2) is 6.52. The molecule has 1 aliphatic rings. The molecule has 0 atom stereocenters. The molecule has 0 radical (unpaired) electrons. The molecule has 1 heterocycles. The fourth-order valence-electron chi connectivity index (χ4n) is 2.24. The van der Waals surface area contributed by atoms with Crippen LogP contribution in [0.3, 0.4) is 0 Å². The zero-order valence-electron chi connectivity index (χ0n) is 12.1. The van der Waals surface area contributed by atoms with Gasteiger partial charge >= 0.3 is 11.8 Å². The fourth-order valence-corrected chi connectivity index (χ4v) is 2.24. The van der Waals surface area contributed by atoms with Crippen molar-refractivity contribution in [2.45, 2.75) is 6.54 Å². The number of likely N-dealkylation sites (N-methyl/N-ethyl adjacent to an activating group) is 2. The molecule has 1 fully saturated rings. The summed E-state index contributed by atoms with van der Waals surface area (Å²) in [5.74, 6) is -0.824. The number of carbonyl (C=O) groups excluding carboxylic acids is 2. The zero-order valence-corrected chi connectivity index (χ0v) is 12.1. The van der Waals surface area contributed by atoms with Gasteiger partial charge in [0.2, 0.25) is 0 Å². The Labute approximate surface area is 119 Å². The lowest BCUT2D eigenvalue weighted by atomic mass is 10.2. The normalized spacial score (nSPS) is 16.0. The van der Waals surface area contributed by atoms with Crippen LogP contribution in [-0.4, -0.2) is 66.8 Å². The van der Waals surface area contributed by atoms with Gasteiger partial charge < -0.3 is 14.7 Å². The quantitative estimate of drug-likeness (QED) is 0.735. The Morgan fingerprint density at radius 3 is 2.30 bits per heavy atom. The van der Waals surface area contributed by atoms with Gasteiger partial charge in [-0.05, 0) is 12.6 Å². The highest BCUT2D eigenvalue weighted by atomic mass is 16.2. The Morgan fingerprint density at radius 2 is 1.70 bits per heavy atom. The molecule has 1 aromatic carbocycles. The van der Waals surface area contributed by atoms with Crippen LogP contribution >= 0.6 is 0 Å². The molecule has 0 N–H and O–H groups in total. The Kier molecular flexibility index (Phi) is 4.74. The SMILES string of the molecule is CN1CCN(C(=O)C(=O)N(C)Cc2ccccc2)CC1. The second-order valence-corrected chi connectivity index (χ2v) is 5.24. The van der Waals surface area contributed by atoms with Crippen LogP contribution in [0.4, 0.5) is 0 Å². The number of rotatable bonds is 2. The van der Waals surface area contributed by atoms with E-state index in [0.29, 0.717) is 19.6 Å². The minimum Gasteiger partial charge on any atom is -0.333 e. The molecule has 2 rings (SSSR count). The highest BCUT2D eigenvalue weighted by Gasteiger charge is 2.27. The topological polar surface area (TPSA) is 43.9 Å². The summed E-state index contributed by atoms with van der Waals surface area (Å²) in [7, 11) is 3.69. The summed E-state index contributed by atoms with van der Waals surface area (Å²) in [6, 6.07) is 9.68. The van der Waals surface area contributed by atoms with E-state index in [2.05, 4.69) is 4.90 Å². The van der Waals surface area contributed by atoms with E-state index < -0.39 is 11.8 Å². The minimum absolute atomic E-state index is 0.392. The first-order valence-corrected chi connectivity index (χ1v) is 6.85. The van der Waals surface area contributed by atoms with Crippen molar-refractivity contribution >= 4 is 11.8 Å². The lowest BCUT2D eigenvalue weighted by Crippen LogP contribution is -2.51. The van der Waals surface area contributed by atoms with Crippen molar-refractivity contribution in [3.63, 3.8) is 0 Å². The fraction of sp³-hybridized carbons (Fsp3) is 0.467. The molecular weight excluding hydrogens is 254 g/mol. The summed E-state index contributed by atoms with van der Waals surface area (Å²) in [5, 5.41) is 0. The molecule has 0 aromatic heterocycles. The lowest BCUT2D eigenvalue weighted by molar-refractivity contribution is -0.152. The van der Waals surface area contributed by atoms with Crippen molar-refractivity contribution in [2.24, 2.45) is 0 Å². The number of amides is 2. The monoisotopic (exact) mass is 275 g/mol. The first-order valence-electron chi connectivity index (χ1n) is 6.85. The zero-order chi connectivity index (χ0) is 14.5. The van der Waals surface area contributed by atoms with E-state index in [4.69, 9.17) is 0 Å². The average Bonchev–Trinajstić information content (AvgIpc) is 2.47. The molecule has 0 unspecified atom stereocenters. The lowest BCUT2D eigenvalue weighted by Gasteiger charge is -2.32. The van der Waals surface area contributed by atoms with Crippen molar-refractivity contribution in [1.29, 1.82) is 0 Å². The molecule has 5 heteroatoms.